The van der Waals surface area contributed by atoms with Gasteiger partial charge in [0.15, 0.2) is 0 Å². The number of fused-ring (bicyclic) bond motifs is 6. The average molecular weight is 805 g/mol. The van der Waals surface area contributed by atoms with Crippen LogP contribution in [0.25, 0.3) is 93.9 Å². The lowest BCUT2D eigenvalue weighted by atomic mass is 9.97. The normalized spacial score (nSPS) is 11.5. The van der Waals surface area contributed by atoms with Crippen LogP contribution < -0.4 is 4.90 Å². The third-order valence-electron chi connectivity index (χ3n) is 12.4. The number of nitrogens with zero attached hydrogens (tertiary/aromatic N) is 2. The number of aromatic nitrogens is 1. The summed E-state index contributed by atoms with van der Waals surface area (Å²) in [4.78, 5) is 2.40. The Balaban J connectivity index is 0.965. The number of para-hydroxylation sites is 4. The van der Waals surface area contributed by atoms with Gasteiger partial charge in [-0.2, -0.15) is 0 Å². The predicted octanol–water partition coefficient (Wildman–Crippen LogP) is 16.8. The maximum atomic E-state index is 6.26. The Kier molecular flexibility index (Phi) is 8.83. The highest BCUT2D eigenvalue weighted by molar-refractivity contribution is 6.09. The number of rotatable bonds is 8. The fraction of sp³-hybridized carbons (Fsp3) is 0. The van der Waals surface area contributed by atoms with Gasteiger partial charge in [-0.25, -0.2) is 0 Å². The van der Waals surface area contributed by atoms with Crippen molar-refractivity contribution >= 4 is 60.8 Å². The lowest BCUT2D eigenvalue weighted by molar-refractivity contribution is 0.669. The van der Waals surface area contributed by atoms with Crippen LogP contribution in [0, 0.1) is 0 Å². The van der Waals surface area contributed by atoms with Crippen molar-refractivity contribution in [3.05, 3.63) is 243 Å². The monoisotopic (exact) mass is 804 g/mol. The van der Waals surface area contributed by atoms with E-state index >= 15 is 0 Å². The minimum absolute atomic E-state index is 0.901. The first-order chi connectivity index (χ1) is 31.2. The summed E-state index contributed by atoms with van der Waals surface area (Å²) < 4.78 is 8.65. The maximum Gasteiger partial charge on any atom is 0.136 e. The molecular weight excluding hydrogens is 765 g/mol. The smallest absolute Gasteiger partial charge is 0.136 e. The molecule has 0 bridgehead atoms. The van der Waals surface area contributed by atoms with Crippen LogP contribution in [0.1, 0.15) is 0 Å². The van der Waals surface area contributed by atoms with E-state index < -0.39 is 0 Å². The maximum absolute atomic E-state index is 6.26. The second-order valence-electron chi connectivity index (χ2n) is 16.1. The summed E-state index contributed by atoms with van der Waals surface area (Å²) in [5.41, 5.74) is 17.8. The molecule has 0 aliphatic rings. The molecule has 0 saturated carbocycles. The Hall–Kier alpha value is -8.40. The third-order valence-corrected chi connectivity index (χ3v) is 12.4. The molecule has 12 aromatic rings. The minimum atomic E-state index is 0.901. The number of benzene rings is 10. The largest absolute Gasteiger partial charge is 0.456 e. The molecule has 0 aliphatic heterocycles. The molecule has 0 radical (unpaired) electrons. The van der Waals surface area contributed by atoms with Crippen molar-refractivity contribution < 1.29 is 4.42 Å². The van der Waals surface area contributed by atoms with Gasteiger partial charge in [0, 0.05) is 44.2 Å². The van der Waals surface area contributed by atoms with Crippen molar-refractivity contribution in [1.82, 2.24) is 4.57 Å². The fourth-order valence-corrected chi connectivity index (χ4v) is 9.37. The molecule has 3 nitrogen and oxygen atoms in total. The van der Waals surface area contributed by atoms with Crippen molar-refractivity contribution in [1.29, 1.82) is 0 Å². The lowest BCUT2D eigenvalue weighted by Gasteiger charge is -2.28. The zero-order valence-electron chi connectivity index (χ0n) is 34.4. The number of anilines is 3. The first kappa shape index (κ1) is 36.5. The van der Waals surface area contributed by atoms with Crippen molar-refractivity contribution in [3.63, 3.8) is 0 Å². The van der Waals surface area contributed by atoms with E-state index in [1.165, 1.54) is 32.9 Å². The molecule has 3 heteroatoms. The van der Waals surface area contributed by atoms with Crippen LogP contribution >= 0.6 is 0 Å². The molecule has 0 saturated heterocycles. The van der Waals surface area contributed by atoms with Crippen molar-refractivity contribution in [2.75, 3.05) is 4.90 Å². The van der Waals surface area contributed by atoms with Gasteiger partial charge in [-0.05, 0) is 112 Å². The van der Waals surface area contributed by atoms with Crippen LogP contribution in [0.4, 0.5) is 17.1 Å². The standard InChI is InChI=1S/C60H40N2O/c1-2-14-41(15-3-1)42-28-30-44(31-29-42)51-20-4-8-24-56(51)61(49-18-13-19-50(40-49)62-57-25-9-5-21-52(57)53-22-6-10-26-58(53)62)48-35-32-43(33-36-48)45-16-12-17-46(38-45)47-34-37-55-54-23-7-11-27-59(54)63-60(55)39-47/h1-40H. The Labute approximate surface area is 366 Å². The highest BCUT2D eigenvalue weighted by atomic mass is 16.3. The molecule has 2 heterocycles. The molecule has 10 aromatic carbocycles. The van der Waals surface area contributed by atoms with Crippen molar-refractivity contribution in [3.8, 4) is 50.2 Å². The average Bonchev–Trinajstić information content (AvgIpc) is 3.90. The fourth-order valence-electron chi connectivity index (χ4n) is 9.37. The Morgan fingerprint density at radius 2 is 0.825 bits per heavy atom. The van der Waals surface area contributed by atoms with Crippen molar-refractivity contribution in [2.24, 2.45) is 0 Å². The summed E-state index contributed by atoms with van der Waals surface area (Å²) >= 11 is 0. The summed E-state index contributed by atoms with van der Waals surface area (Å²) in [6.07, 6.45) is 0. The number of hydrogen-bond acceptors (Lipinski definition) is 2. The zero-order valence-corrected chi connectivity index (χ0v) is 34.4. The van der Waals surface area contributed by atoms with E-state index in [1.54, 1.807) is 0 Å². The molecule has 0 N–H and O–H groups in total. The molecule has 2 aromatic heterocycles. The van der Waals surface area contributed by atoms with Gasteiger partial charge < -0.3 is 13.9 Å². The molecule has 0 amide bonds. The topological polar surface area (TPSA) is 21.3 Å². The summed E-state index contributed by atoms with van der Waals surface area (Å²) in [6.45, 7) is 0. The van der Waals surface area contributed by atoms with Gasteiger partial charge in [0.2, 0.25) is 0 Å². The van der Waals surface area contributed by atoms with Crippen LogP contribution in [0.2, 0.25) is 0 Å². The first-order valence-corrected chi connectivity index (χ1v) is 21.5. The van der Waals surface area contributed by atoms with Crippen LogP contribution in [0.5, 0.6) is 0 Å². The van der Waals surface area contributed by atoms with E-state index in [4.69, 9.17) is 4.42 Å². The summed E-state index contributed by atoms with van der Waals surface area (Å²) in [5.74, 6) is 0. The lowest BCUT2D eigenvalue weighted by Crippen LogP contribution is -2.11. The van der Waals surface area contributed by atoms with Gasteiger partial charge in [-0.3, -0.25) is 0 Å². The van der Waals surface area contributed by atoms with Gasteiger partial charge in [-0.15, -0.1) is 0 Å². The molecule has 0 unspecified atom stereocenters. The summed E-state index contributed by atoms with van der Waals surface area (Å²) in [6, 6.07) is 87.2. The van der Waals surface area contributed by atoms with E-state index in [9.17, 15) is 0 Å². The second kappa shape index (κ2) is 15.3. The quantitative estimate of drug-likeness (QED) is 0.153. The van der Waals surface area contributed by atoms with E-state index in [0.29, 0.717) is 0 Å². The van der Waals surface area contributed by atoms with Gasteiger partial charge in [-0.1, -0.05) is 170 Å². The van der Waals surface area contributed by atoms with Gasteiger partial charge in [0.1, 0.15) is 11.2 Å². The van der Waals surface area contributed by atoms with Gasteiger partial charge in [0.05, 0.1) is 16.7 Å². The number of furan rings is 1. The SMILES string of the molecule is c1ccc(-c2ccc(-c3ccccc3N(c3ccc(-c4cccc(-c5ccc6c(c5)oc5ccccc56)c4)cc3)c3cccc(-n4c5ccccc5c5ccccc54)c3)cc2)cc1. The van der Waals surface area contributed by atoms with Crippen LogP contribution in [-0.2, 0) is 0 Å². The summed E-state index contributed by atoms with van der Waals surface area (Å²) in [7, 11) is 0. The van der Waals surface area contributed by atoms with E-state index in [2.05, 4.69) is 240 Å². The van der Waals surface area contributed by atoms with Crippen LogP contribution in [0.15, 0.2) is 247 Å². The Bertz CT molecular complexity index is 3560. The zero-order chi connectivity index (χ0) is 41.7. The Morgan fingerprint density at radius 3 is 1.60 bits per heavy atom. The van der Waals surface area contributed by atoms with Gasteiger partial charge >= 0.3 is 0 Å². The van der Waals surface area contributed by atoms with Crippen LogP contribution in [-0.4, -0.2) is 4.57 Å². The molecule has 0 fully saturated rings. The van der Waals surface area contributed by atoms with E-state index in [1.807, 2.05) is 12.1 Å². The third kappa shape index (κ3) is 6.46. The number of hydrogen-bond donors (Lipinski definition) is 0. The first-order valence-electron chi connectivity index (χ1n) is 21.5. The molecular formula is C60H40N2O. The highest BCUT2D eigenvalue weighted by Gasteiger charge is 2.20. The molecule has 12 rings (SSSR count). The second-order valence-corrected chi connectivity index (χ2v) is 16.1. The molecule has 296 valence electrons. The van der Waals surface area contributed by atoms with E-state index in [-0.39, 0.29) is 0 Å². The van der Waals surface area contributed by atoms with E-state index in [0.717, 1.165) is 78.1 Å². The molecule has 0 atom stereocenters. The molecule has 0 aliphatic carbocycles. The molecule has 63 heavy (non-hydrogen) atoms. The van der Waals surface area contributed by atoms with Gasteiger partial charge in [0.25, 0.3) is 0 Å². The summed E-state index contributed by atoms with van der Waals surface area (Å²) in [5, 5.41) is 4.77. The minimum Gasteiger partial charge on any atom is -0.456 e. The van der Waals surface area contributed by atoms with Crippen molar-refractivity contribution in [2.45, 2.75) is 0 Å². The Morgan fingerprint density at radius 1 is 0.302 bits per heavy atom. The predicted molar refractivity (Wildman–Crippen MR) is 264 cm³/mol. The van der Waals surface area contributed by atoms with Crippen LogP contribution in [0.3, 0.4) is 0 Å². The molecule has 0 spiro atoms. The highest BCUT2D eigenvalue weighted by Crippen LogP contribution is 2.43.